The summed E-state index contributed by atoms with van der Waals surface area (Å²) in [5.41, 5.74) is 0. The van der Waals surface area contributed by atoms with Crippen LogP contribution in [-0.2, 0) is 0 Å². The highest BCUT2D eigenvalue weighted by Gasteiger charge is 2.18. The Morgan fingerprint density at radius 1 is 1.29 bits per heavy atom. The summed E-state index contributed by atoms with van der Waals surface area (Å²) in [4.78, 5) is 0. The lowest BCUT2D eigenvalue weighted by Gasteiger charge is -2.26. The average molecular weight is 295 g/mol. The summed E-state index contributed by atoms with van der Waals surface area (Å²) >= 11 is 0. The number of aliphatic hydroxyl groups excluding tert-OH is 1. The number of rotatable bonds is 7. The predicted octanol–water partition coefficient (Wildman–Crippen LogP) is 2.98. The van der Waals surface area contributed by atoms with Crippen LogP contribution in [0.15, 0.2) is 24.3 Å². The molecule has 1 aromatic carbocycles. The lowest BCUT2D eigenvalue weighted by Crippen LogP contribution is -2.35. The number of hydrogen-bond donors (Lipinski definition) is 2. The third-order valence-corrected chi connectivity index (χ3v) is 4.22. The molecule has 2 N–H and O–H groups in total. The second kappa shape index (κ2) is 8.35. The van der Waals surface area contributed by atoms with E-state index in [1.54, 1.807) is 18.2 Å². The number of aliphatic hydroxyl groups is 1. The number of para-hydroxylation sites is 1. The van der Waals surface area contributed by atoms with Crippen molar-refractivity contribution in [1.29, 1.82) is 0 Å². The summed E-state index contributed by atoms with van der Waals surface area (Å²) in [6.07, 6.45) is 4.55. The van der Waals surface area contributed by atoms with Gasteiger partial charge in [0, 0.05) is 6.54 Å². The van der Waals surface area contributed by atoms with Crippen LogP contribution < -0.4 is 10.1 Å². The van der Waals surface area contributed by atoms with Crippen LogP contribution in [-0.4, -0.2) is 30.9 Å². The summed E-state index contributed by atoms with van der Waals surface area (Å²) in [6, 6.07) is 6.25. The Morgan fingerprint density at radius 3 is 2.71 bits per heavy atom. The van der Waals surface area contributed by atoms with E-state index in [1.807, 2.05) is 0 Å². The molecule has 1 atom stereocenters. The van der Waals surface area contributed by atoms with Gasteiger partial charge in [0.15, 0.2) is 11.6 Å². The fourth-order valence-corrected chi connectivity index (χ4v) is 2.79. The van der Waals surface area contributed by atoms with Gasteiger partial charge in [-0.3, -0.25) is 0 Å². The van der Waals surface area contributed by atoms with E-state index in [4.69, 9.17) is 4.74 Å². The Morgan fingerprint density at radius 2 is 2.00 bits per heavy atom. The Bertz CT molecular complexity index is 419. The van der Waals surface area contributed by atoms with E-state index >= 15 is 0 Å². The van der Waals surface area contributed by atoms with Gasteiger partial charge in [0.25, 0.3) is 0 Å². The van der Waals surface area contributed by atoms with Crippen LogP contribution in [0.2, 0.25) is 0 Å². The number of ether oxygens (including phenoxy) is 1. The minimum Gasteiger partial charge on any atom is -0.488 e. The van der Waals surface area contributed by atoms with Gasteiger partial charge in [0.2, 0.25) is 0 Å². The molecule has 1 fully saturated rings. The Hall–Kier alpha value is -1.13. The van der Waals surface area contributed by atoms with Gasteiger partial charge in [0.05, 0.1) is 0 Å². The topological polar surface area (TPSA) is 41.5 Å². The van der Waals surface area contributed by atoms with Crippen LogP contribution in [0.1, 0.15) is 32.6 Å². The summed E-state index contributed by atoms with van der Waals surface area (Å²) in [5.74, 6) is 1.38. The van der Waals surface area contributed by atoms with Gasteiger partial charge < -0.3 is 15.2 Å². The highest BCUT2D eigenvalue weighted by atomic mass is 19.1. The molecule has 1 aliphatic carbocycles. The van der Waals surface area contributed by atoms with Gasteiger partial charge in [-0.05, 0) is 43.4 Å². The first-order chi connectivity index (χ1) is 10.1. The molecule has 1 unspecified atom stereocenters. The number of nitrogens with one attached hydrogen (secondary N) is 1. The fourth-order valence-electron chi connectivity index (χ4n) is 2.79. The normalized spacial score (nSPS) is 23.8. The maximum absolute atomic E-state index is 13.3. The van der Waals surface area contributed by atoms with Crippen molar-refractivity contribution in [3.63, 3.8) is 0 Å². The Kier molecular flexibility index (Phi) is 6.46. The molecule has 3 nitrogen and oxygen atoms in total. The number of halogens is 1. The molecule has 2 rings (SSSR count). The molecule has 0 aromatic heterocycles. The average Bonchev–Trinajstić information content (AvgIpc) is 2.48. The maximum Gasteiger partial charge on any atom is 0.165 e. The van der Waals surface area contributed by atoms with Crippen LogP contribution in [0, 0.1) is 17.7 Å². The predicted molar refractivity (Wildman–Crippen MR) is 81.9 cm³/mol. The van der Waals surface area contributed by atoms with Crippen molar-refractivity contribution < 1.29 is 14.2 Å². The fraction of sp³-hybridized carbons (Fsp3) is 0.647. The molecule has 0 heterocycles. The van der Waals surface area contributed by atoms with Gasteiger partial charge in [0.1, 0.15) is 12.7 Å². The minimum absolute atomic E-state index is 0.107. The molecule has 0 spiro atoms. The molecular weight excluding hydrogens is 269 g/mol. The van der Waals surface area contributed by atoms with E-state index in [-0.39, 0.29) is 12.4 Å². The first kappa shape index (κ1) is 16.2. The molecule has 0 bridgehead atoms. The third-order valence-electron chi connectivity index (χ3n) is 4.22. The second-order valence-electron chi connectivity index (χ2n) is 6.18. The van der Waals surface area contributed by atoms with Gasteiger partial charge in [-0.1, -0.05) is 31.9 Å². The number of hydrogen-bond acceptors (Lipinski definition) is 3. The zero-order valence-corrected chi connectivity index (χ0v) is 12.7. The Balaban J connectivity index is 1.59. The highest BCUT2D eigenvalue weighted by Crippen LogP contribution is 2.27. The van der Waals surface area contributed by atoms with Crippen LogP contribution in [0.5, 0.6) is 5.75 Å². The highest BCUT2D eigenvalue weighted by molar-refractivity contribution is 5.23. The molecule has 0 aliphatic heterocycles. The maximum atomic E-state index is 13.3. The molecule has 4 heteroatoms. The SMILES string of the molecule is CC1CCC(CNCC(O)COc2ccccc2F)CC1. The second-order valence-corrected chi connectivity index (χ2v) is 6.18. The standard InChI is InChI=1S/C17H26FNO2/c1-13-6-8-14(9-7-13)10-19-11-15(20)12-21-17-5-3-2-4-16(17)18/h2-5,13-15,19-20H,6-12H2,1H3. The van der Waals surface area contributed by atoms with Crippen molar-refractivity contribution in [2.75, 3.05) is 19.7 Å². The molecule has 0 amide bonds. The van der Waals surface area contributed by atoms with Crippen molar-refractivity contribution in [1.82, 2.24) is 5.32 Å². The molecule has 1 aliphatic rings. The van der Waals surface area contributed by atoms with E-state index in [1.165, 1.54) is 31.7 Å². The van der Waals surface area contributed by atoms with Crippen LogP contribution in [0.4, 0.5) is 4.39 Å². The largest absolute Gasteiger partial charge is 0.488 e. The molecular formula is C17H26FNO2. The molecule has 118 valence electrons. The van der Waals surface area contributed by atoms with E-state index in [0.717, 1.165) is 18.4 Å². The number of benzene rings is 1. The van der Waals surface area contributed by atoms with Crippen molar-refractivity contribution in [2.24, 2.45) is 11.8 Å². The zero-order chi connectivity index (χ0) is 15.1. The Labute approximate surface area is 126 Å². The lowest BCUT2D eigenvalue weighted by molar-refractivity contribution is 0.102. The van der Waals surface area contributed by atoms with E-state index in [2.05, 4.69) is 12.2 Å². The van der Waals surface area contributed by atoms with E-state index in [9.17, 15) is 9.50 Å². The van der Waals surface area contributed by atoms with Crippen molar-refractivity contribution in [2.45, 2.75) is 38.7 Å². The summed E-state index contributed by atoms with van der Waals surface area (Å²) in [6.45, 7) is 3.85. The van der Waals surface area contributed by atoms with Gasteiger partial charge in [-0.2, -0.15) is 0 Å². The van der Waals surface area contributed by atoms with E-state index < -0.39 is 11.9 Å². The zero-order valence-electron chi connectivity index (χ0n) is 12.7. The van der Waals surface area contributed by atoms with Crippen molar-refractivity contribution >= 4 is 0 Å². The minimum atomic E-state index is -0.618. The van der Waals surface area contributed by atoms with Crippen LogP contribution >= 0.6 is 0 Å². The van der Waals surface area contributed by atoms with Crippen LogP contribution in [0.25, 0.3) is 0 Å². The summed E-state index contributed by atoms with van der Waals surface area (Å²) < 4.78 is 18.6. The first-order valence-corrected chi connectivity index (χ1v) is 7.91. The van der Waals surface area contributed by atoms with Gasteiger partial charge in [-0.15, -0.1) is 0 Å². The third kappa shape index (κ3) is 5.64. The molecule has 1 aromatic rings. The van der Waals surface area contributed by atoms with Gasteiger partial charge >= 0.3 is 0 Å². The van der Waals surface area contributed by atoms with Gasteiger partial charge in [-0.25, -0.2) is 4.39 Å². The smallest absolute Gasteiger partial charge is 0.165 e. The van der Waals surface area contributed by atoms with E-state index in [0.29, 0.717) is 6.54 Å². The quantitative estimate of drug-likeness (QED) is 0.812. The molecule has 1 saturated carbocycles. The molecule has 0 radical (unpaired) electrons. The molecule has 21 heavy (non-hydrogen) atoms. The lowest BCUT2D eigenvalue weighted by atomic mass is 9.83. The van der Waals surface area contributed by atoms with Crippen molar-refractivity contribution in [3.05, 3.63) is 30.1 Å². The summed E-state index contributed by atoms with van der Waals surface area (Å²) in [5, 5.41) is 13.2. The molecule has 0 saturated heterocycles. The van der Waals surface area contributed by atoms with Crippen LogP contribution in [0.3, 0.4) is 0 Å². The summed E-state index contributed by atoms with van der Waals surface area (Å²) in [7, 11) is 0. The van der Waals surface area contributed by atoms with Crippen molar-refractivity contribution in [3.8, 4) is 5.75 Å². The monoisotopic (exact) mass is 295 g/mol. The first-order valence-electron chi connectivity index (χ1n) is 7.91.